The Labute approximate surface area is 107 Å². The molecule has 0 aromatic heterocycles. The minimum absolute atomic E-state index is 0.0780. The van der Waals surface area contributed by atoms with E-state index in [-0.39, 0.29) is 12.0 Å². The van der Waals surface area contributed by atoms with Crippen molar-refractivity contribution < 1.29 is 9.90 Å². The molecule has 0 spiro atoms. The minimum Gasteiger partial charge on any atom is -0.398 e. The Balaban J connectivity index is 1.86. The molecule has 0 unspecified atom stereocenters. The second-order valence-electron chi connectivity index (χ2n) is 5.14. The Morgan fingerprint density at radius 3 is 2.72 bits per heavy atom. The Morgan fingerprint density at radius 1 is 1.44 bits per heavy atom. The Morgan fingerprint density at radius 2 is 2.11 bits per heavy atom. The molecule has 1 saturated carbocycles. The fraction of sp³-hybridized carbons (Fsp3) is 0.500. The van der Waals surface area contributed by atoms with Crippen LogP contribution in [0.4, 0.5) is 5.69 Å². The molecular formula is C14H20N2O2. The standard InChI is InChI=1S/C14H20N2O2/c1-16(9-10-6-12(17)7-10)14(18)8-11-4-2-3-5-13(11)15/h2-5,10,12,17H,6-9,15H2,1H3. The normalized spacial score (nSPS) is 22.3. The van der Waals surface area contributed by atoms with Crippen LogP contribution in [-0.2, 0) is 11.2 Å². The van der Waals surface area contributed by atoms with Gasteiger partial charge < -0.3 is 15.7 Å². The lowest BCUT2D eigenvalue weighted by Crippen LogP contribution is -2.40. The van der Waals surface area contributed by atoms with Gasteiger partial charge in [-0.3, -0.25) is 4.79 Å². The van der Waals surface area contributed by atoms with Gasteiger partial charge in [0.2, 0.25) is 5.91 Å². The summed E-state index contributed by atoms with van der Waals surface area (Å²) in [6.07, 6.45) is 1.80. The van der Waals surface area contributed by atoms with Crippen molar-refractivity contribution in [1.29, 1.82) is 0 Å². The van der Waals surface area contributed by atoms with Crippen LogP contribution in [0.2, 0.25) is 0 Å². The molecule has 0 bridgehead atoms. The smallest absolute Gasteiger partial charge is 0.226 e. The topological polar surface area (TPSA) is 66.6 Å². The van der Waals surface area contributed by atoms with Gasteiger partial charge in [-0.1, -0.05) is 18.2 Å². The summed E-state index contributed by atoms with van der Waals surface area (Å²) in [5.74, 6) is 0.524. The fourth-order valence-electron chi connectivity index (χ4n) is 2.33. The number of anilines is 1. The molecule has 1 aromatic carbocycles. The molecule has 98 valence electrons. The van der Waals surface area contributed by atoms with Gasteiger partial charge >= 0.3 is 0 Å². The molecule has 1 aromatic rings. The zero-order chi connectivity index (χ0) is 13.1. The summed E-state index contributed by atoms with van der Waals surface area (Å²) in [4.78, 5) is 13.8. The molecule has 1 fully saturated rings. The van der Waals surface area contributed by atoms with Gasteiger partial charge in [-0.2, -0.15) is 0 Å². The molecule has 0 heterocycles. The highest BCUT2D eigenvalue weighted by atomic mass is 16.3. The number of nitrogens with two attached hydrogens (primary N) is 1. The molecule has 1 aliphatic rings. The summed E-state index contributed by atoms with van der Waals surface area (Å²) in [7, 11) is 1.81. The molecule has 4 heteroatoms. The number of rotatable bonds is 4. The van der Waals surface area contributed by atoms with Crippen LogP contribution in [0.25, 0.3) is 0 Å². The molecule has 4 nitrogen and oxygen atoms in total. The van der Waals surface area contributed by atoms with Crippen molar-refractivity contribution in [2.75, 3.05) is 19.3 Å². The molecule has 0 radical (unpaired) electrons. The van der Waals surface area contributed by atoms with E-state index in [1.807, 2.05) is 31.3 Å². The number of carbonyl (C=O) groups excluding carboxylic acids is 1. The second-order valence-corrected chi connectivity index (χ2v) is 5.14. The maximum atomic E-state index is 12.0. The Bertz CT molecular complexity index is 428. The van der Waals surface area contributed by atoms with Crippen molar-refractivity contribution in [2.45, 2.75) is 25.4 Å². The monoisotopic (exact) mass is 248 g/mol. The van der Waals surface area contributed by atoms with Crippen LogP contribution in [0.1, 0.15) is 18.4 Å². The van der Waals surface area contributed by atoms with E-state index in [0.717, 1.165) is 24.9 Å². The van der Waals surface area contributed by atoms with Gasteiger partial charge in [-0.15, -0.1) is 0 Å². The first-order valence-electron chi connectivity index (χ1n) is 6.31. The number of carbonyl (C=O) groups is 1. The van der Waals surface area contributed by atoms with Crippen molar-refractivity contribution in [1.82, 2.24) is 4.90 Å². The molecule has 3 N–H and O–H groups in total. The predicted octanol–water partition coefficient (Wildman–Crippen LogP) is 1.04. The Kier molecular flexibility index (Phi) is 3.87. The third kappa shape index (κ3) is 3.01. The second kappa shape index (κ2) is 5.40. The summed E-state index contributed by atoms with van der Waals surface area (Å²) < 4.78 is 0. The maximum absolute atomic E-state index is 12.0. The van der Waals surface area contributed by atoms with E-state index in [9.17, 15) is 9.90 Å². The number of para-hydroxylation sites is 1. The van der Waals surface area contributed by atoms with Gasteiger partial charge in [-0.25, -0.2) is 0 Å². The number of benzene rings is 1. The number of hydrogen-bond acceptors (Lipinski definition) is 3. The van der Waals surface area contributed by atoms with Gasteiger partial charge in [-0.05, 0) is 30.4 Å². The van der Waals surface area contributed by atoms with Crippen molar-refractivity contribution in [3.05, 3.63) is 29.8 Å². The van der Waals surface area contributed by atoms with Crippen LogP contribution in [0, 0.1) is 5.92 Å². The highest BCUT2D eigenvalue weighted by Crippen LogP contribution is 2.27. The SMILES string of the molecule is CN(CC1CC(O)C1)C(=O)Cc1ccccc1N. The number of aliphatic hydroxyl groups excluding tert-OH is 1. The molecule has 1 amide bonds. The number of hydrogen-bond donors (Lipinski definition) is 2. The van der Waals surface area contributed by atoms with Gasteiger partial charge in [0.15, 0.2) is 0 Å². The summed E-state index contributed by atoms with van der Waals surface area (Å²) in [6, 6.07) is 7.45. The minimum atomic E-state index is -0.164. The lowest BCUT2D eigenvalue weighted by molar-refractivity contribution is -0.130. The highest BCUT2D eigenvalue weighted by molar-refractivity contribution is 5.80. The first-order valence-corrected chi connectivity index (χ1v) is 6.31. The number of likely N-dealkylation sites (N-methyl/N-ethyl adjacent to an activating group) is 1. The first kappa shape index (κ1) is 12.9. The molecular weight excluding hydrogens is 228 g/mol. The van der Waals surface area contributed by atoms with Gasteiger partial charge in [0.25, 0.3) is 0 Å². The maximum Gasteiger partial charge on any atom is 0.226 e. The fourth-order valence-corrected chi connectivity index (χ4v) is 2.33. The lowest BCUT2D eigenvalue weighted by Gasteiger charge is -2.34. The van der Waals surface area contributed by atoms with Gasteiger partial charge in [0.05, 0.1) is 12.5 Å². The van der Waals surface area contributed by atoms with E-state index >= 15 is 0 Å². The van der Waals surface area contributed by atoms with Crippen molar-refractivity contribution in [3.63, 3.8) is 0 Å². The van der Waals surface area contributed by atoms with E-state index in [1.54, 1.807) is 4.90 Å². The number of amides is 1. The number of aliphatic hydroxyl groups is 1. The molecule has 18 heavy (non-hydrogen) atoms. The van der Waals surface area contributed by atoms with Crippen LogP contribution in [-0.4, -0.2) is 35.6 Å². The summed E-state index contributed by atoms with van der Waals surface area (Å²) in [5.41, 5.74) is 7.36. The summed E-state index contributed by atoms with van der Waals surface area (Å²) >= 11 is 0. The van der Waals surface area contributed by atoms with Crippen LogP contribution in [0.3, 0.4) is 0 Å². The van der Waals surface area contributed by atoms with E-state index in [1.165, 1.54) is 0 Å². The zero-order valence-corrected chi connectivity index (χ0v) is 10.7. The summed E-state index contributed by atoms with van der Waals surface area (Å²) in [5, 5.41) is 9.22. The van der Waals surface area contributed by atoms with E-state index in [0.29, 0.717) is 18.0 Å². The van der Waals surface area contributed by atoms with Crippen LogP contribution in [0.5, 0.6) is 0 Å². The van der Waals surface area contributed by atoms with Gasteiger partial charge in [0, 0.05) is 19.3 Å². The predicted molar refractivity (Wildman–Crippen MR) is 70.9 cm³/mol. The molecule has 0 atom stereocenters. The third-order valence-electron chi connectivity index (χ3n) is 3.57. The van der Waals surface area contributed by atoms with Crippen molar-refractivity contribution in [2.24, 2.45) is 5.92 Å². The zero-order valence-electron chi connectivity index (χ0n) is 10.7. The quantitative estimate of drug-likeness (QED) is 0.782. The lowest BCUT2D eigenvalue weighted by atomic mass is 9.82. The van der Waals surface area contributed by atoms with E-state index < -0.39 is 0 Å². The van der Waals surface area contributed by atoms with Crippen molar-refractivity contribution in [3.8, 4) is 0 Å². The van der Waals surface area contributed by atoms with Crippen LogP contribution >= 0.6 is 0 Å². The first-order chi connectivity index (χ1) is 8.56. The van der Waals surface area contributed by atoms with E-state index in [2.05, 4.69) is 0 Å². The number of nitrogens with zero attached hydrogens (tertiary/aromatic N) is 1. The third-order valence-corrected chi connectivity index (χ3v) is 3.57. The average Bonchev–Trinajstić information content (AvgIpc) is 2.30. The van der Waals surface area contributed by atoms with Crippen LogP contribution < -0.4 is 5.73 Å². The Hall–Kier alpha value is -1.55. The van der Waals surface area contributed by atoms with Gasteiger partial charge in [0.1, 0.15) is 0 Å². The molecule has 1 aliphatic carbocycles. The largest absolute Gasteiger partial charge is 0.398 e. The van der Waals surface area contributed by atoms with Crippen molar-refractivity contribution >= 4 is 11.6 Å². The highest BCUT2D eigenvalue weighted by Gasteiger charge is 2.29. The number of nitrogen functional groups attached to an aromatic ring is 1. The average molecular weight is 248 g/mol. The summed E-state index contributed by atoms with van der Waals surface area (Å²) in [6.45, 7) is 0.725. The molecule has 0 aliphatic heterocycles. The van der Waals surface area contributed by atoms with Crippen LogP contribution in [0.15, 0.2) is 24.3 Å². The molecule has 0 saturated heterocycles. The molecule has 2 rings (SSSR count). The van der Waals surface area contributed by atoms with E-state index in [4.69, 9.17) is 5.73 Å².